The van der Waals surface area contributed by atoms with Gasteiger partial charge in [-0.25, -0.2) is 13.2 Å². The number of amides is 1. The molecule has 2 aromatic carbocycles. The highest BCUT2D eigenvalue weighted by molar-refractivity contribution is 6.30. The van der Waals surface area contributed by atoms with Crippen molar-refractivity contribution in [3.05, 3.63) is 70.0 Å². The monoisotopic (exact) mass is 343 g/mol. The van der Waals surface area contributed by atoms with Crippen molar-refractivity contribution in [2.45, 2.75) is 19.1 Å². The van der Waals surface area contributed by atoms with Gasteiger partial charge in [0.15, 0.2) is 0 Å². The third-order valence-electron chi connectivity index (χ3n) is 3.28. The van der Waals surface area contributed by atoms with Crippen molar-refractivity contribution in [3.8, 4) is 0 Å². The van der Waals surface area contributed by atoms with Gasteiger partial charge in [0.2, 0.25) is 0 Å². The quantitative estimate of drug-likeness (QED) is 0.891. The van der Waals surface area contributed by atoms with E-state index in [2.05, 4.69) is 5.32 Å². The maximum absolute atomic E-state index is 13.6. The lowest BCUT2D eigenvalue weighted by Crippen LogP contribution is -2.38. The number of carbonyl (C=O) groups is 1. The van der Waals surface area contributed by atoms with Crippen molar-refractivity contribution in [3.63, 3.8) is 0 Å². The van der Waals surface area contributed by atoms with Crippen LogP contribution in [0.1, 0.15) is 28.9 Å². The van der Waals surface area contributed by atoms with Gasteiger partial charge in [-0.2, -0.15) is 0 Å². The lowest BCUT2D eigenvalue weighted by molar-refractivity contribution is 0.0844. The van der Waals surface area contributed by atoms with Gasteiger partial charge in [0.25, 0.3) is 5.91 Å². The van der Waals surface area contributed by atoms with E-state index in [1.807, 2.05) is 0 Å². The van der Waals surface area contributed by atoms with E-state index in [1.165, 1.54) is 6.92 Å². The predicted octanol–water partition coefficient (Wildman–Crippen LogP) is 3.61. The predicted molar refractivity (Wildman–Crippen MR) is 79.7 cm³/mol. The summed E-state index contributed by atoms with van der Waals surface area (Å²) in [5.41, 5.74) is -0.427. The molecule has 0 aliphatic rings. The Morgan fingerprint density at radius 1 is 1.13 bits per heavy atom. The average Bonchev–Trinajstić information content (AvgIpc) is 2.46. The molecule has 2 N–H and O–H groups in total. The standard InChI is InChI=1S/C16H13ClF3NO2/c1-8(15(22)9-2-4-10(17)5-3-9)21-16(23)14-12(19)6-11(18)7-13(14)20/h2-8,15,22H,1H3,(H,21,23). The Bertz CT molecular complexity index is 699. The topological polar surface area (TPSA) is 49.3 Å². The lowest BCUT2D eigenvalue weighted by atomic mass is 10.0. The molecule has 2 atom stereocenters. The first-order chi connectivity index (χ1) is 10.8. The molecule has 0 bridgehead atoms. The first kappa shape index (κ1) is 17.3. The molecule has 0 aliphatic heterocycles. The van der Waals surface area contributed by atoms with Crippen LogP contribution in [0.15, 0.2) is 36.4 Å². The molecule has 0 spiro atoms. The van der Waals surface area contributed by atoms with Crippen LogP contribution in [0.2, 0.25) is 5.02 Å². The molecule has 0 radical (unpaired) electrons. The summed E-state index contributed by atoms with van der Waals surface area (Å²) in [6.07, 6.45) is -1.11. The maximum atomic E-state index is 13.6. The van der Waals surface area contributed by atoms with Crippen LogP contribution < -0.4 is 5.32 Å². The minimum absolute atomic E-state index is 0.415. The van der Waals surface area contributed by atoms with Crippen molar-refractivity contribution in [1.82, 2.24) is 5.32 Å². The molecular weight excluding hydrogens is 331 g/mol. The first-order valence-electron chi connectivity index (χ1n) is 6.68. The normalized spacial score (nSPS) is 13.5. The van der Waals surface area contributed by atoms with Gasteiger partial charge in [0.05, 0.1) is 12.1 Å². The van der Waals surface area contributed by atoms with Crippen molar-refractivity contribution in [1.29, 1.82) is 0 Å². The van der Waals surface area contributed by atoms with Crippen molar-refractivity contribution in [2.24, 2.45) is 0 Å². The molecule has 0 aromatic heterocycles. The fourth-order valence-corrected chi connectivity index (χ4v) is 2.19. The average molecular weight is 344 g/mol. The second-order valence-electron chi connectivity index (χ2n) is 5.00. The van der Waals surface area contributed by atoms with Crippen LogP contribution in [0.25, 0.3) is 0 Å². The molecule has 2 rings (SSSR count). The summed E-state index contributed by atoms with van der Waals surface area (Å²) in [6.45, 7) is 1.47. The number of aliphatic hydroxyl groups excluding tert-OH is 1. The zero-order chi connectivity index (χ0) is 17.1. The molecule has 0 saturated carbocycles. The Kier molecular flexibility index (Phi) is 5.28. The van der Waals surface area contributed by atoms with Gasteiger partial charge in [0, 0.05) is 17.2 Å². The van der Waals surface area contributed by atoms with Gasteiger partial charge in [-0.1, -0.05) is 23.7 Å². The number of nitrogens with one attached hydrogen (secondary N) is 1. The van der Waals surface area contributed by atoms with E-state index >= 15 is 0 Å². The van der Waals surface area contributed by atoms with E-state index < -0.39 is 41.1 Å². The van der Waals surface area contributed by atoms with Gasteiger partial charge in [-0.15, -0.1) is 0 Å². The third kappa shape index (κ3) is 4.03. The van der Waals surface area contributed by atoms with Gasteiger partial charge < -0.3 is 10.4 Å². The summed E-state index contributed by atoms with van der Waals surface area (Å²) >= 11 is 5.74. The lowest BCUT2D eigenvalue weighted by Gasteiger charge is -2.21. The highest BCUT2D eigenvalue weighted by atomic mass is 35.5. The van der Waals surface area contributed by atoms with E-state index in [4.69, 9.17) is 11.6 Å². The smallest absolute Gasteiger partial charge is 0.257 e. The van der Waals surface area contributed by atoms with E-state index in [1.54, 1.807) is 24.3 Å². The third-order valence-corrected chi connectivity index (χ3v) is 3.53. The van der Waals surface area contributed by atoms with Crippen molar-refractivity contribution < 1.29 is 23.1 Å². The SMILES string of the molecule is CC(NC(=O)c1c(F)cc(F)cc1F)C(O)c1ccc(Cl)cc1. The number of hydrogen-bond donors (Lipinski definition) is 2. The first-order valence-corrected chi connectivity index (χ1v) is 7.06. The van der Waals surface area contributed by atoms with Crippen molar-refractivity contribution >= 4 is 17.5 Å². The molecule has 7 heteroatoms. The summed E-state index contributed by atoms with van der Waals surface area (Å²) in [5, 5.41) is 12.9. The van der Waals surface area contributed by atoms with Crippen LogP contribution in [0.4, 0.5) is 13.2 Å². The molecule has 122 valence electrons. The summed E-state index contributed by atoms with van der Waals surface area (Å²) in [5.74, 6) is -4.83. The number of aliphatic hydroxyl groups is 1. The van der Waals surface area contributed by atoms with Gasteiger partial charge in [-0.05, 0) is 24.6 Å². The van der Waals surface area contributed by atoms with Gasteiger partial charge >= 0.3 is 0 Å². The zero-order valence-corrected chi connectivity index (χ0v) is 12.7. The molecule has 2 unspecified atom stereocenters. The second kappa shape index (κ2) is 7.02. The fraction of sp³-hybridized carbons (Fsp3) is 0.188. The molecule has 3 nitrogen and oxygen atoms in total. The summed E-state index contributed by atoms with van der Waals surface area (Å²) in [6, 6.07) is 6.24. The van der Waals surface area contributed by atoms with Crippen molar-refractivity contribution in [2.75, 3.05) is 0 Å². The van der Waals surface area contributed by atoms with Gasteiger partial charge in [-0.3, -0.25) is 4.79 Å². The number of carbonyl (C=O) groups excluding carboxylic acids is 1. The van der Waals surface area contributed by atoms with Crippen LogP contribution in [0, 0.1) is 17.5 Å². The van der Waals surface area contributed by atoms with E-state index in [0.29, 0.717) is 22.7 Å². The van der Waals surface area contributed by atoms with Crippen LogP contribution in [-0.2, 0) is 0 Å². The minimum Gasteiger partial charge on any atom is -0.386 e. The molecule has 0 saturated heterocycles. The Morgan fingerprint density at radius 3 is 2.17 bits per heavy atom. The molecule has 0 heterocycles. The number of rotatable bonds is 4. The Balaban J connectivity index is 2.15. The largest absolute Gasteiger partial charge is 0.386 e. The Hall–Kier alpha value is -2.05. The molecule has 23 heavy (non-hydrogen) atoms. The van der Waals surface area contributed by atoms with Crippen LogP contribution >= 0.6 is 11.6 Å². The molecule has 0 fully saturated rings. The molecular formula is C16H13ClF3NO2. The number of benzene rings is 2. The fourth-order valence-electron chi connectivity index (χ4n) is 2.07. The Labute approximate surface area is 135 Å². The highest BCUT2D eigenvalue weighted by Gasteiger charge is 2.23. The van der Waals surface area contributed by atoms with E-state index in [-0.39, 0.29) is 0 Å². The van der Waals surface area contributed by atoms with E-state index in [0.717, 1.165) is 0 Å². The second-order valence-corrected chi connectivity index (χ2v) is 5.44. The summed E-state index contributed by atoms with van der Waals surface area (Å²) in [4.78, 5) is 12.0. The minimum atomic E-state index is -1.31. The number of hydrogen-bond acceptors (Lipinski definition) is 2. The highest BCUT2D eigenvalue weighted by Crippen LogP contribution is 2.20. The van der Waals surface area contributed by atoms with Crippen LogP contribution in [0.3, 0.4) is 0 Å². The summed E-state index contributed by atoms with van der Waals surface area (Å²) < 4.78 is 40.0. The van der Waals surface area contributed by atoms with Gasteiger partial charge in [0.1, 0.15) is 23.0 Å². The van der Waals surface area contributed by atoms with E-state index in [9.17, 15) is 23.1 Å². The molecule has 2 aromatic rings. The number of halogens is 4. The van der Waals surface area contributed by atoms with Crippen LogP contribution in [0.5, 0.6) is 0 Å². The molecule has 0 aliphatic carbocycles. The van der Waals surface area contributed by atoms with Crippen LogP contribution in [-0.4, -0.2) is 17.1 Å². The summed E-state index contributed by atoms with van der Waals surface area (Å²) in [7, 11) is 0. The zero-order valence-electron chi connectivity index (χ0n) is 12.0. The molecule has 1 amide bonds. The maximum Gasteiger partial charge on any atom is 0.257 e. The Morgan fingerprint density at radius 2 is 1.65 bits per heavy atom.